The predicted octanol–water partition coefficient (Wildman–Crippen LogP) is 5.62. The summed E-state index contributed by atoms with van der Waals surface area (Å²) < 4.78 is 11.4. The molecule has 0 aliphatic heterocycles. The average molecular weight is 438 g/mol. The van der Waals surface area contributed by atoms with Crippen molar-refractivity contribution in [2.45, 2.75) is 6.92 Å². The molecule has 5 rings (SSSR count). The van der Waals surface area contributed by atoms with Gasteiger partial charge >= 0.3 is 11.9 Å². The minimum atomic E-state index is -0.973. The van der Waals surface area contributed by atoms with E-state index in [4.69, 9.17) is 13.9 Å². The summed E-state index contributed by atoms with van der Waals surface area (Å²) in [4.78, 5) is 23.7. The molecule has 7 nitrogen and oxygen atoms in total. The zero-order chi connectivity index (χ0) is 22.9. The Morgan fingerprint density at radius 1 is 0.939 bits per heavy atom. The summed E-state index contributed by atoms with van der Waals surface area (Å²) in [6.07, 6.45) is 1.39. The highest BCUT2D eigenvalue weighted by molar-refractivity contribution is 6.08. The first-order chi connectivity index (χ1) is 16.0. The van der Waals surface area contributed by atoms with Crippen molar-refractivity contribution in [2.24, 2.45) is 5.10 Å². The quantitative estimate of drug-likeness (QED) is 0.274. The van der Waals surface area contributed by atoms with Crippen LogP contribution in [0.3, 0.4) is 0 Å². The van der Waals surface area contributed by atoms with E-state index >= 15 is 0 Å². The van der Waals surface area contributed by atoms with Gasteiger partial charge in [0.15, 0.2) is 5.76 Å². The van der Waals surface area contributed by atoms with Crippen molar-refractivity contribution < 1.29 is 23.5 Å². The summed E-state index contributed by atoms with van der Waals surface area (Å²) in [6.45, 7) is 1.73. The smallest absolute Gasteiger partial charge is 0.335 e. The van der Waals surface area contributed by atoms with Gasteiger partial charge < -0.3 is 13.9 Å². The van der Waals surface area contributed by atoms with E-state index in [0.29, 0.717) is 22.7 Å². The van der Waals surface area contributed by atoms with Gasteiger partial charge in [-0.3, -0.25) is 4.79 Å². The van der Waals surface area contributed by atoms with Gasteiger partial charge in [0, 0.05) is 10.9 Å². The number of carbonyl (C=O) groups excluding carboxylic acids is 1. The summed E-state index contributed by atoms with van der Waals surface area (Å²) in [5.41, 5.74) is 4.70. The van der Waals surface area contributed by atoms with Crippen LogP contribution in [-0.4, -0.2) is 23.2 Å². The molecule has 2 heterocycles. The average Bonchev–Trinajstić information content (AvgIpc) is 3.46. The maximum atomic E-state index is 12.5. The summed E-state index contributed by atoms with van der Waals surface area (Å²) in [5.74, 6) is -0.293. The molecule has 0 radical (unpaired) electrons. The highest BCUT2D eigenvalue weighted by Gasteiger charge is 2.14. The number of hydrogen-bond donors (Lipinski definition) is 2. The Morgan fingerprint density at radius 3 is 2.61 bits per heavy atom. The molecule has 33 heavy (non-hydrogen) atoms. The molecule has 0 aliphatic rings. The molecular formula is C26H18N2O5. The van der Waals surface area contributed by atoms with E-state index in [1.165, 1.54) is 6.21 Å². The highest BCUT2D eigenvalue weighted by atomic mass is 16.4. The summed E-state index contributed by atoms with van der Waals surface area (Å²) in [5, 5.41) is 16.1. The lowest BCUT2D eigenvalue weighted by atomic mass is 10.0. The second kappa shape index (κ2) is 8.12. The summed E-state index contributed by atoms with van der Waals surface area (Å²) in [6, 6.07) is 21.8. The Hall–Kier alpha value is -4.65. The van der Waals surface area contributed by atoms with E-state index in [9.17, 15) is 9.59 Å². The third-order valence-corrected chi connectivity index (χ3v) is 5.38. The normalized spacial score (nSPS) is 11.4. The Balaban J connectivity index is 1.31. The number of amides is 1. The van der Waals surface area contributed by atoms with Crippen LogP contribution in [0.25, 0.3) is 33.1 Å². The van der Waals surface area contributed by atoms with Gasteiger partial charge in [0.2, 0.25) is 0 Å². The predicted molar refractivity (Wildman–Crippen MR) is 125 cm³/mol. The zero-order valence-electron chi connectivity index (χ0n) is 17.5. The van der Waals surface area contributed by atoms with E-state index in [1.807, 2.05) is 36.4 Å². The molecule has 2 N–H and O–H groups in total. The zero-order valence-corrected chi connectivity index (χ0v) is 17.5. The minimum Gasteiger partial charge on any atom is -0.478 e. The first-order valence-electron chi connectivity index (χ1n) is 10.2. The highest BCUT2D eigenvalue weighted by Crippen LogP contribution is 2.28. The Morgan fingerprint density at radius 2 is 1.79 bits per heavy atom. The second-order valence-corrected chi connectivity index (χ2v) is 7.55. The summed E-state index contributed by atoms with van der Waals surface area (Å²) >= 11 is 0. The van der Waals surface area contributed by atoms with Crippen LogP contribution < -0.4 is 5.43 Å². The van der Waals surface area contributed by atoms with E-state index < -0.39 is 11.9 Å². The molecular weight excluding hydrogens is 420 g/mol. The number of rotatable bonds is 5. The van der Waals surface area contributed by atoms with E-state index in [0.717, 1.165) is 21.7 Å². The maximum absolute atomic E-state index is 12.5. The Labute approximate surface area is 187 Å². The molecule has 0 saturated carbocycles. The van der Waals surface area contributed by atoms with Crippen molar-refractivity contribution in [2.75, 3.05) is 0 Å². The number of carboxylic acids is 1. The van der Waals surface area contributed by atoms with Crippen LogP contribution in [0.4, 0.5) is 0 Å². The van der Waals surface area contributed by atoms with Crippen LogP contribution in [0.2, 0.25) is 0 Å². The van der Waals surface area contributed by atoms with Crippen LogP contribution in [0, 0.1) is 6.92 Å². The lowest BCUT2D eigenvalue weighted by Crippen LogP contribution is -2.16. The third-order valence-electron chi connectivity index (χ3n) is 5.38. The number of carbonyl (C=O) groups is 2. The lowest BCUT2D eigenvalue weighted by molar-refractivity contribution is 0.0696. The molecule has 7 heteroatoms. The van der Waals surface area contributed by atoms with E-state index in [2.05, 4.69) is 10.5 Å². The number of hydrazone groups is 1. The van der Waals surface area contributed by atoms with Crippen molar-refractivity contribution in [1.29, 1.82) is 0 Å². The molecule has 1 amide bonds. The Kier molecular flexibility index (Phi) is 4.99. The molecule has 162 valence electrons. The first-order valence-corrected chi connectivity index (χ1v) is 10.2. The van der Waals surface area contributed by atoms with Crippen LogP contribution >= 0.6 is 0 Å². The van der Waals surface area contributed by atoms with Crippen LogP contribution in [0.15, 0.2) is 86.7 Å². The number of aromatic carboxylic acids is 1. The monoisotopic (exact) mass is 438 g/mol. The first kappa shape index (κ1) is 20.3. The third kappa shape index (κ3) is 3.87. The second-order valence-electron chi connectivity index (χ2n) is 7.55. The van der Waals surface area contributed by atoms with Crippen molar-refractivity contribution >= 4 is 39.8 Å². The molecule has 0 unspecified atom stereocenters. The molecule has 0 spiro atoms. The van der Waals surface area contributed by atoms with Gasteiger partial charge in [-0.15, -0.1) is 0 Å². The SMILES string of the molecule is Cc1cc(-c2ccc(C=NNC(=O)c3cc4c(ccc5ccccc54)o3)o2)ccc1C(=O)O. The molecule has 0 saturated heterocycles. The lowest BCUT2D eigenvalue weighted by Gasteiger charge is -2.03. The van der Waals surface area contributed by atoms with Gasteiger partial charge in [0.1, 0.15) is 17.1 Å². The van der Waals surface area contributed by atoms with Crippen molar-refractivity contribution in [3.05, 3.63) is 95.4 Å². The number of hydrogen-bond acceptors (Lipinski definition) is 5. The van der Waals surface area contributed by atoms with E-state index in [1.54, 1.807) is 43.3 Å². The van der Waals surface area contributed by atoms with E-state index in [-0.39, 0.29) is 11.3 Å². The molecule has 2 aromatic heterocycles. The Bertz CT molecular complexity index is 1560. The molecule has 0 fully saturated rings. The van der Waals surface area contributed by atoms with Gasteiger partial charge in [-0.25, -0.2) is 10.2 Å². The number of fused-ring (bicyclic) bond motifs is 3. The number of nitrogens with one attached hydrogen (secondary N) is 1. The van der Waals surface area contributed by atoms with Gasteiger partial charge in [0.25, 0.3) is 0 Å². The number of benzene rings is 3. The van der Waals surface area contributed by atoms with Crippen LogP contribution in [0.5, 0.6) is 0 Å². The minimum absolute atomic E-state index is 0.160. The van der Waals surface area contributed by atoms with Gasteiger partial charge in [-0.2, -0.15) is 5.10 Å². The number of furan rings is 2. The van der Waals surface area contributed by atoms with Crippen molar-refractivity contribution in [1.82, 2.24) is 5.43 Å². The molecule has 0 aliphatic carbocycles. The topological polar surface area (TPSA) is 105 Å². The van der Waals surface area contributed by atoms with Gasteiger partial charge in [0.05, 0.1) is 11.8 Å². The fourth-order valence-corrected chi connectivity index (χ4v) is 3.75. The summed E-state index contributed by atoms with van der Waals surface area (Å²) in [7, 11) is 0. The standard InChI is InChI=1S/C26H18N2O5/c1-15-12-17(6-9-19(15)26(30)31)22-11-8-18(32-22)14-27-28-25(29)24-13-21-20-5-3-2-4-16(20)7-10-23(21)33-24/h2-14H,1H3,(H,28,29)(H,30,31). The van der Waals surface area contributed by atoms with Gasteiger partial charge in [-0.05, 0) is 59.7 Å². The van der Waals surface area contributed by atoms with Crippen molar-refractivity contribution in [3.63, 3.8) is 0 Å². The number of nitrogens with zero attached hydrogens (tertiary/aromatic N) is 1. The number of carboxylic acid groups (broad SMARTS) is 1. The fraction of sp³-hybridized carbons (Fsp3) is 0.0385. The molecule has 5 aromatic rings. The molecule has 3 aromatic carbocycles. The maximum Gasteiger partial charge on any atom is 0.335 e. The fourth-order valence-electron chi connectivity index (χ4n) is 3.75. The largest absolute Gasteiger partial charge is 0.478 e. The van der Waals surface area contributed by atoms with Crippen molar-refractivity contribution in [3.8, 4) is 11.3 Å². The van der Waals surface area contributed by atoms with Crippen LogP contribution in [-0.2, 0) is 0 Å². The molecule has 0 bridgehead atoms. The molecule has 0 atom stereocenters. The van der Waals surface area contributed by atoms with Crippen LogP contribution in [0.1, 0.15) is 32.2 Å². The van der Waals surface area contributed by atoms with Gasteiger partial charge in [-0.1, -0.05) is 36.4 Å². The number of aryl methyl sites for hydroxylation is 1.